The first kappa shape index (κ1) is 10.2. The molecule has 0 bridgehead atoms. The number of fused-ring (bicyclic) bond motifs is 1. The van der Waals surface area contributed by atoms with E-state index in [1.54, 1.807) is 4.90 Å². The van der Waals surface area contributed by atoms with Gasteiger partial charge in [0, 0.05) is 23.8 Å². The van der Waals surface area contributed by atoms with E-state index in [0.29, 0.717) is 11.5 Å². The van der Waals surface area contributed by atoms with Crippen molar-refractivity contribution < 1.29 is 4.79 Å². The number of nitrogens with zero attached hydrogens (tertiary/aromatic N) is 3. The quantitative estimate of drug-likeness (QED) is 0.823. The molecule has 0 fully saturated rings. The molecule has 2 aromatic rings. The summed E-state index contributed by atoms with van der Waals surface area (Å²) in [6, 6.07) is 7.88. The van der Waals surface area contributed by atoms with E-state index in [-0.39, 0.29) is 11.6 Å². The van der Waals surface area contributed by atoms with E-state index in [1.807, 2.05) is 24.3 Å². The fourth-order valence-electron chi connectivity index (χ4n) is 2.02. The predicted octanol–water partition coefficient (Wildman–Crippen LogP) is 1.32. The molecule has 0 saturated heterocycles. The first-order valence-electron chi connectivity index (χ1n) is 5.25. The van der Waals surface area contributed by atoms with E-state index < -0.39 is 0 Å². The molecule has 2 N–H and O–H groups in total. The van der Waals surface area contributed by atoms with Gasteiger partial charge in [-0.3, -0.25) is 4.79 Å². The monoisotopic (exact) mass is 246 g/mol. The molecule has 1 aliphatic heterocycles. The molecule has 0 atom stereocenters. The Morgan fingerprint density at radius 2 is 2.24 bits per heavy atom. The van der Waals surface area contributed by atoms with E-state index in [0.717, 1.165) is 23.6 Å². The number of para-hydroxylation sites is 1. The zero-order valence-corrected chi connectivity index (χ0v) is 9.78. The highest BCUT2D eigenvalue weighted by Gasteiger charge is 2.28. The second-order valence-corrected chi connectivity index (χ2v) is 4.61. The molecule has 0 radical (unpaired) electrons. The van der Waals surface area contributed by atoms with Crippen molar-refractivity contribution in [2.75, 3.05) is 17.2 Å². The lowest BCUT2D eigenvalue weighted by Gasteiger charge is -2.15. The molecule has 2 heterocycles. The predicted molar refractivity (Wildman–Crippen MR) is 66.1 cm³/mol. The van der Waals surface area contributed by atoms with Gasteiger partial charge in [0.1, 0.15) is 5.00 Å². The molecule has 0 spiro atoms. The highest BCUT2D eigenvalue weighted by molar-refractivity contribution is 7.10. The maximum absolute atomic E-state index is 12.2. The van der Waals surface area contributed by atoms with Crippen LogP contribution in [0.15, 0.2) is 24.3 Å². The van der Waals surface area contributed by atoms with Gasteiger partial charge < -0.3 is 10.6 Å². The summed E-state index contributed by atoms with van der Waals surface area (Å²) in [6.45, 7) is 0.676. The van der Waals surface area contributed by atoms with Gasteiger partial charge in [-0.25, -0.2) is 0 Å². The van der Waals surface area contributed by atoms with E-state index in [9.17, 15) is 4.79 Å². The molecule has 1 amide bonds. The van der Waals surface area contributed by atoms with Crippen LogP contribution >= 0.6 is 11.5 Å². The fourth-order valence-corrected chi connectivity index (χ4v) is 2.45. The summed E-state index contributed by atoms with van der Waals surface area (Å²) in [7, 11) is 0. The minimum Gasteiger partial charge on any atom is -0.387 e. The maximum atomic E-state index is 12.2. The summed E-state index contributed by atoms with van der Waals surface area (Å²) in [5.74, 6) is -0.166. The van der Waals surface area contributed by atoms with Crippen LogP contribution in [-0.4, -0.2) is 22.0 Å². The molecular weight excluding hydrogens is 236 g/mol. The number of anilines is 2. The van der Waals surface area contributed by atoms with Crippen molar-refractivity contribution >= 4 is 28.1 Å². The molecule has 17 heavy (non-hydrogen) atoms. The molecule has 86 valence electrons. The minimum atomic E-state index is -0.166. The zero-order valence-electron chi connectivity index (χ0n) is 8.96. The van der Waals surface area contributed by atoms with Gasteiger partial charge in [0.25, 0.3) is 5.91 Å². The van der Waals surface area contributed by atoms with Gasteiger partial charge in [0.05, 0.1) is 0 Å². The molecule has 0 unspecified atom stereocenters. The van der Waals surface area contributed by atoms with Gasteiger partial charge >= 0.3 is 0 Å². The number of hydrogen-bond acceptors (Lipinski definition) is 5. The van der Waals surface area contributed by atoms with Crippen LogP contribution in [0.1, 0.15) is 16.1 Å². The molecule has 0 saturated carbocycles. The molecule has 3 rings (SSSR count). The van der Waals surface area contributed by atoms with Crippen LogP contribution in [0.2, 0.25) is 0 Å². The van der Waals surface area contributed by atoms with Crippen LogP contribution in [0, 0.1) is 0 Å². The van der Waals surface area contributed by atoms with Gasteiger partial charge in [0.2, 0.25) is 0 Å². The maximum Gasteiger partial charge on any atom is 0.281 e. The second kappa shape index (κ2) is 3.81. The highest BCUT2D eigenvalue weighted by Crippen LogP contribution is 2.29. The summed E-state index contributed by atoms with van der Waals surface area (Å²) in [6.07, 6.45) is 0.874. The standard InChI is InChI=1S/C11H10N4OS/c12-10-9(13-14-17-10)11(16)15-6-5-7-3-1-2-4-8(7)15/h1-4H,5-6,12H2. The lowest BCUT2D eigenvalue weighted by atomic mass is 10.2. The number of aromatic nitrogens is 2. The van der Waals surface area contributed by atoms with Crippen molar-refractivity contribution in [1.82, 2.24) is 9.59 Å². The van der Waals surface area contributed by atoms with Crippen molar-refractivity contribution in [2.45, 2.75) is 6.42 Å². The topological polar surface area (TPSA) is 72.1 Å². The summed E-state index contributed by atoms with van der Waals surface area (Å²) >= 11 is 1.04. The molecule has 1 aromatic heterocycles. The number of benzene rings is 1. The van der Waals surface area contributed by atoms with Crippen molar-refractivity contribution in [3.8, 4) is 0 Å². The van der Waals surface area contributed by atoms with Gasteiger partial charge in [0.15, 0.2) is 5.69 Å². The van der Waals surface area contributed by atoms with Crippen LogP contribution in [0.25, 0.3) is 0 Å². The molecule has 1 aliphatic rings. The summed E-state index contributed by atoms with van der Waals surface area (Å²) in [5.41, 5.74) is 8.06. The van der Waals surface area contributed by atoms with Crippen molar-refractivity contribution in [2.24, 2.45) is 0 Å². The number of carbonyl (C=O) groups is 1. The number of nitrogens with two attached hydrogens (primary N) is 1. The van der Waals surface area contributed by atoms with Crippen LogP contribution < -0.4 is 10.6 Å². The Morgan fingerprint density at radius 1 is 1.41 bits per heavy atom. The third-order valence-electron chi connectivity index (χ3n) is 2.85. The van der Waals surface area contributed by atoms with Crippen LogP contribution in [0.3, 0.4) is 0 Å². The normalized spacial score (nSPS) is 13.8. The van der Waals surface area contributed by atoms with Crippen LogP contribution in [0.5, 0.6) is 0 Å². The molecular formula is C11H10N4OS. The Morgan fingerprint density at radius 3 is 3.00 bits per heavy atom. The van der Waals surface area contributed by atoms with Crippen molar-refractivity contribution in [1.29, 1.82) is 0 Å². The molecule has 5 nitrogen and oxygen atoms in total. The number of carbonyl (C=O) groups excluding carboxylic acids is 1. The third-order valence-corrected chi connectivity index (χ3v) is 3.40. The Balaban J connectivity index is 1.98. The summed E-state index contributed by atoms with van der Waals surface area (Å²) in [5, 5.41) is 4.16. The third kappa shape index (κ3) is 1.57. The number of rotatable bonds is 1. The summed E-state index contributed by atoms with van der Waals surface area (Å²) in [4.78, 5) is 14.0. The summed E-state index contributed by atoms with van der Waals surface area (Å²) < 4.78 is 3.69. The van der Waals surface area contributed by atoms with Crippen LogP contribution in [0.4, 0.5) is 10.7 Å². The zero-order chi connectivity index (χ0) is 11.8. The molecule has 1 aromatic carbocycles. The Hall–Kier alpha value is -1.95. The fraction of sp³-hybridized carbons (Fsp3) is 0.182. The van der Waals surface area contributed by atoms with Crippen molar-refractivity contribution in [3.05, 3.63) is 35.5 Å². The Labute approximate surface area is 102 Å². The lowest BCUT2D eigenvalue weighted by molar-refractivity contribution is 0.0985. The van der Waals surface area contributed by atoms with E-state index in [4.69, 9.17) is 5.73 Å². The van der Waals surface area contributed by atoms with Gasteiger partial charge in [-0.15, -0.1) is 5.10 Å². The molecule has 0 aliphatic carbocycles. The minimum absolute atomic E-state index is 0.166. The van der Waals surface area contributed by atoms with E-state index in [1.165, 1.54) is 5.56 Å². The van der Waals surface area contributed by atoms with Gasteiger partial charge in [-0.05, 0) is 18.1 Å². The highest BCUT2D eigenvalue weighted by atomic mass is 32.1. The largest absolute Gasteiger partial charge is 0.387 e. The Kier molecular flexibility index (Phi) is 2.29. The Bertz CT molecular complexity index is 580. The van der Waals surface area contributed by atoms with Crippen LogP contribution in [-0.2, 0) is 6.42 Å². The molecule has 6 heteroatoms. The first-order chi connectivity index (χ1) is 8.27. The van der Waals surface area contributed by atoms with Crippen molar-refractivity contribution in [3.63, 3.8) is 0 Å². The first-order valence-corrected chi connectivity index (χ1v) is 6.02. The van der Waals surface area contributed by atoms with Gasteiger partial charge in [-0.2, -0.15) is 0 Å². The smallest absolute Gasteiger partial charge is 0.281 e. The average molecular weight is 246 g/mol. The second-order valence-electron chi connectivity index (χ2n) is 3.82. The number of amides is 1. The van der Waals surface area contributed by atoms with E-state index in [2.05, 4.69) is 9.59 Å². The average Bonchev–Trinajstić information content (AvgIpc) is 2.94. The SMILES string of the molecule is Nc1snnc1C(=O)N1CCc2ccccc21. The number of hydrogen-bond donors (Lipinski definition) is 1. The lowest BCUT2D eigenvalue weighted by Crippen LogP contribution is -2.29. The van der Waals surface area contributed by atoms with E-state index >= 15 is 0 Å². The van der Waals surface area contributed by atoms with Gasteiger partial charge in [-0.1, -0.05) is 22.7 Å². The number of nitrogen functional groups attached to an aromatic ring is 1.